The molecule has 0 aliphatic carbocycles. The van der Waals surface area contributed by atoms with Crippen LogP contribution in [-0.4, -0.2) is 28.0 Å². The number of amides is 1. The normalized spacial score (nSPS) is 12.2. The largest absolute Gasteiger partial charge is 0.480 e. The molecule has 2 N–H and O–H groups in total. The third-order valence-corrected chi connectivity index (χ3v) is 2.41. The Labute approximate surface area is 106 Å². The van der Waals surface area contributed by atoms with E-state index in [4.69, 9.17) is 5.11 Å². The summed E-state index contributed by atoms with van der Waals surface area (Å²) in [7, 11) is 0. The Morgan fingerprint density at radius 3 is 2.61 bits per heavy atom. The number of carboxylic acid groups (broad SMARTS) is 1. The lowest BCUT2D eigenvalue weighted by molar-refractivity contribution is -0.142. The average molecular weight is 250 g/mol. The highest BCUT2D eigenvalue weighted by Crippen LogP contribution is 2.05. The quantitative estimate of drug-likeness (QED) is 0.796. The molecule has 5 heteroatoms. The van der Waals surface area contributed by atoms with Crippen LogP contribution in [0.4, 0.5) is 0 Å². The van der Waals surface area contributed by atoms with Crippen LogP contribution in [0.25, 0.3) is 0 Å². The summed E-state index contributed by atoms with van der Waals surface area (Å²) in [6, 6.07) is 4.46. The van der Waals surface area contributed by atoms with Crippen LogP contribution in [0.1, 0.15) is 26.0 Å². The van der Waals surface area contributed by atoms with Crippen molar-refractivity contribution in [1.82, 2.24) is 10.3 Å². The van der Waals surface area contributed by atoms with Gasteiger partial charge in [-0.15, -0.1) is 0 Å². The van der Waals surface area contributed by atoms with Crippen molar-refractivity contribution in [2.75, 3.05) is 0 Å². The van der Waals surface area contributed by atoms with Crippen molar-refractivity contribution in [2.24, 2.45) is 5.92 Å². The molecule has 5 nitrogen and oxygen atoms in total. The van der Waals surface area contributed by atoms with Crippen LogP contribution in [-0.2, 0) is 16.0 Å². The molecule has 0 aromatic carbocycles. The minimum absolute atomic E-state index is 0.0999. The molecule has 1 aromatic rings. The van der Waals surface area contributed by atoms with Crippen LogP contribution >= 0.6 is 0 Å². The van der Waals surface area contributed by atoms with E-state index in [1.54, 1.807) is 24.4 Å². The average Bonchev–Trinajstić information content (AvgIpc) is 2.28. The smallest absolute Gasteiger partial charge is 0.326 e. The van der Waals surface area contributed by atoms with E-state index in [1.165, 1.54) is 0 Å². The molecule has 1 heterocycles. The molecule has 0 spiro atoms. The highest BCUT2D eigenvalue weighted by Gasteiger charge is 2.21. The molecule has 0 saturated heterocycles. The molecular weight excluding hydrogens is 232 g/mol. The van der Waals surface area contributed by atoms with Crippen LogP contribution in [0.2, 0.25) is 0 Å². The van der Waals surface area contributed by atoms with Gasteiger partial charge in [0.1, 0.15) is 6.04 Å². The summed E-state index contributed by atoms with van der Waals surface area (Å²) in [4.78, 5) is 26.7. The minimum Gasteiger partial charge on any atom is -0.480 e. The summed E-state index contributed by atoms with van der Waals surface area (Å²) in [5.74, 6) is -1.11. The molecule has 1 atom stereocenters. The third kappa shape index (κ3) is 4.95. The molecule has 0 saturated carbocycles. The molecular formula is C13H18N2O3. The standard InChI is InChI=1S/C13H18N2O3/c1-9(2)7-11(13(17)18)15-12(16)8-10-5-3-4-6-14-10/h3-6,9,11H,7-8H2,1-2H3,(H,15,16)(H,17,18). The molecule has 1 rings (SSSR count). The Morgan fingerprint density at radius 2 is 2.11 bits per heavy atom. The maximum atomic E-state index is 11.7. The van der Waals surface area contributed by atoms with Gasteiger partial charge in [0.05, 0.1) is 6.42 Å². The summed E-state index contributed by atoms with van der Waals surface area (Å²) in [6.07, 6.45) is 2.12. The number of carboxylic acids is 1. The molecule has 98 valence electrons. The Kier molecular flexibility index (Phi) is 5.30. The van der Waals surface area contributed by atoms with Gasteiger partial charge in [-0.2, -0.15) is 0 Å². The summed E-state index contributed by atoms with van der Waals surface area (Å²) in [6.45, 7) is 3.84. The number of carbonyl (C=O) groups is 2. The van der Waals surface area contributed by atoms with E-state index in [2.05, 4.69) is 10.3 Å². The van der Waals surface area contributed by atoms with Gasteiger partial charge < -0.3 is 10.4 Å². The van der Waals surface area contributed by atoms with E-state index in [0.717, 1.165) is 0 Å². The Morgan fingerprint density at radius 1 is 1.39 bits per heavy atom. The minimum atomic E-state index is -1.00. The third-order valence-electron chi connectivity index (χ3n) is 2.41. The van der Waals surface area contributed by atoms with Crippen LogP contribution in [0, 0.1) is 5.92 Å². The second kappa shape index (κ2) is 6.74. The van der Waals surface area contributed by atoms with Gasteiger partial charge in [0.25, 0.3) is 0 Å². The first kappa shape index (κ1) is 14.2. The van der Waals surface area contributed by atoms with E-state index in [1.807, 2.05) is 13.8 Å². The molecule has 0 aliphatic heterocycles. The molecule has 1 aromatic heterocycles. The molecule has 18 heavy (non-hydrogen) atoms. The molecule has 0 bridgehead atoms. The summed E-state index contributed by atoms with van der Waals surface area (Å²) in [5, 5.41) is 11.5. The van der Waals surface area contributed by atoms with Crippen LogP contribution < -0.4 is 5.32 Å². The SMILES string of the molecule is CC(C)CC(NC(=O)Cc1ccccn1)C(=O)O. The van der Waals surface area contributed by atoms with Gasteiger partial charge in [0.15, 0.2) is 0 Å². The Hall–Kier alpha value is -1.91. The zero-order valence-electron chi connectivity index (χ0n) is 10.6. The van der Waals surface area contributed by atoms with Crippen molar-refractivity contribution in [3.63, 3.8) is 0 Å². The number of hydrogen-bond acceptors (Lipinski definition) is 3. The summed E-state index contributed by atoms with van der Waals surface area (Å²) < 4.78 is 0. The maximum Gasteiger partial charge on any atom is 0.326 e. The number of aliphatic carboxylic acids is 1. The molecule has 1 unspecified atom stereocenters. The van der Waals surface area contributed by atoms with Gasteiger partial charge in [-0.05, 0) is 24.5 Å². The van der Waals surface area contributed by atoms with Crippen molar-refractivity contribution in [3.8, 4) is 0 Å². The first-order chi connectivity index (χ1) is 8.49. The highest BCUT2D eigenvalue weighted by molar-refractivity contribution is 5.84. The zero-order chi connectivity index (χ0) is 13.5. The van der Waals surface area contributed by atoms with Crippen molar-refractivity contribution in [1.29, 1.82) is 0 Å². The first-order valence-corrected chi connectivity index (χ1v) is 5.91. The number of nitrogens with zero attached hydrogens (tertiary/aromatic N) is 1. The summed E-state index contributed by atoms with van der Waals surface area (Å²) in [5.41, 5.74) is 0.628. The van der Waals surface area contributed by atoms with E-state index >= 15 is 0 Å². The van der Waals surface area contributed by atoms with Gasteiger partial charge in [0.2, 0.25) is 5.91 Å². The first-order valence-electron chi connectivity index (χ1n) is 5.91. The van der Waals surface area contributed by atoms with Crippen molar-refractivity contribution < 1.29 is 14.7 Å². The fourth-order valence-electron chi connectivity index (χ4n) is 1.61. The van der Waals surface area contributed by atoms with Crippen LogP contribution in [0.15, 0.2) is 24.4 Å². The van der Waals surface area contributed by atoms with Gasteiger partial charge in [0, 0.05) is 11.9 Å². The number of hydrogen-bond donors (Lipinski definition) is 2. The molecule has 0 aliphatic rings. The number of nitrogens with one attached hydrogen (secondary N) is 1. The number of aromatic nitrogens is 1. The lowest BCUT2D eigenvalue weighted by Crippen LogP contribution is -2.42. The van der Waals surface area contributed by atoms with Crippen LogP contribution in [0.5, 0.6) is 0 Å². The van der Waals surface area contributed by atoms with E-state index in [0.29, 0.717) is 12.1 Å². The molecule has 0 fully saturated rings. The zero-order valence-corrected chi connectivity index (χ0v) is 10.6. The second-order valence-electron chi connectivity index (χ2n) is 4.59. The lowest BCUT2D eigenvalue weighted by atomic mass is 10.0. The van der Waals surface area contributed by atoms with Crippen molar-refractivity contribution >= 4 is 11.9 Å². The van der Waals surface area contributed by atoms with E-state index < -0.39 is 12.0 Å². The number of carbonyl (C=O) groups excluding carboxylic acids is 1. The van der Waals surface area contributed by atoms with Crippen LogP contribution in [0.3, 0.4) is 0 Å². The number of pyridine rings is 1. The molecule has 1 amide bonds. The van der Waals surface area contributed by atoms with Gasteiger partial charge in [-0.3, -0.25) is 9.78 Å². The lowest BCUT2D eigenvalue weighted by Gasteiger charge is -2.16. The number of rotatable bonds is 6. The van der Waals surface area contributed by atoms with Crippen molar-refractivity contribution in [3.05, 3.63) is 30.1 Å². The van der Waals surface area contributed by atoms with Gasteiger partial charge >= 0.3 is 5.97 Å². The Balaban J connectivity index is 2.54. The predicted octanol–water partition coefficient (Wildman–Crippen LogP) is 1.24. The van der Waals surface area contributed by atoms with E-state index in [-0.39, 0.29) is 18.2 Å². The summed E-state index contributed by atoms with van der Waals surface area (Å²) >= 11 is 0. The Bertz CT molecular complexity index is 404. The van der Waals surface area contributed by atoms with E-state index in [9.17, 15) is 9.59 Å². The highest BCUT2D eigenvalue weighted by atomic mass is 16.4. The maximum absolute atomic E-state index is 11.7. The van der Waals surface area contributed by atoms with Gasteiger partial charge in [-0.25, -0.2) is 4.79 Å². The predicted molar refractivity (Wildman–Crippen MR) is 67.0 cm³/mol. The topological polar surface area (TPSA) is 79.3 Å². The van der Waals surface area contributed by atoms with Gasteiger partial charge in [-0.1, -0.05) is 19.9 Å². The second-order valence-corrected chi connectivity index (χ2v) is 4.59. The molecule has 0 radical (unpaired) electrons. The van der Waals surface area contributed by atoms with Crippen molar-refractivity contribution in [2.45, 2.75) is 32.7 Å². The monoisotopic (exact) mass is 250 g/mol. The fourth-order valence-corrected chi connectivity index (χ4v) is 1.61. The fraction of sp³-hybridized carbons (Fsp3) is 0.462.